The van der Waals surface area contributed by atoms with E-state index in [1.54, 1.807) is 23.6 Å². The SMILES string of the molecule is O=C(CCc1nccs1)N1CC[C@@]2(O)[C@H]3Cc4ccc(O)c5c4[C@@]2(CCN3CC2CC2)[C@H](C1)O5. The fourth-order valence-corrected chi connectivity index (χ4v) is 8.00. The van der Waals surface area contributed by atoms with Gasteiger partial charge in [0.05, 0.1) is 22.6 Å². The number of aliphatic hydroxyl groups is 1. The van der Waals surface area contributed by atoms with E-state index in [-0.39, 0.29) is 23.8 Å². The first-order chi connectivity index (χ1) is 16.5. The first-order valence-electron chi connectivity index (χ1n) is 12.6. The Morgan fingerprint density at radius 2 is 2.15 bits per heavy atom. The van der Waals surface area contributed by atoms with Crippen LogP contribution in [0, 0.1) is 5.92 Å². The second-order valence-corrected chi connectivity index (χ2v) is 11.9. The number of carbonyl (C=O) groups excluding carboxylic acids is 1. The van der Waals surface area contributed by atoms with E-state index in [2.05, 4.69) is 9.88 Å². The number of nitrogens with zero attached hydrogens (tertiary/aromatic N) is 3. The zero-order chi connectivity index (χ0) is 23.1. The number of aromatic hydroxyl groups is 1. The van der Waals surface area contributed by atoms with Crippen molar-refractivity contribution in [2.45, 2.75) is 68.1 Å². The van der Waals surface area contributed by atoms with Gasteiger partial charge in [0.1, 0.15) is 6.10 Å². The monoisotopic (exact) mass is 481 g/mol. The van der Waals surface area contributed by atoms with Crippen LogP contribution < -0.4 is 4.74 Å². The van der Waals surface area contributed by atoms with Crippen LogP contribution in [0.2, 0.25) is 0 Å². The Morgan fingerprint density at radius 3 is 2.94 bits per heavy atom. The number of phenols is 1. The molecule has 2 aliphatic carbocycles. The molecule has 0 radical (unpaired) electrons. The number of aryl methyl sites for hydroxylation is 1. The van der Waals surface area contributed by atoms with Gasteiger partial charge in [0.2, 0.25) is 5.91 Å². The predicted octanol–water partition coefficient (Wildman–Crippen LogP) is 2.48. The van der Waals surface area contributed by atoms with Crippen molar-refractivity contribution in [3.8, 4) is 11.5 Å². The van der Waals surface area contributed by atoms with Crippen molar-refractivity contribution in [2.75, 3.05) is 26.2 Å². The van der Waals surface area contributed by atoms with Gasteiger partial charge in [-0.05, 0) is 56.2 Å². The fourth-order valence-electron chi connectivity index (χ4n) is 7.38. The van der Waals surface area contributed by atoms with Gasteiger partial charge in [-0.3, -0.25) is 9.69 Å². The Balaban J connectivity index is 1.26. The largest absolute Gasteiger partial charge is 0.504 e. The number of thiazole rings is 1. The van der Waals surface area contributed by atoms with Crippen molar-refractivity contribution < 1.29 is 19.7 Å². The van der Waals surface area contributed by atoms with E-state index in [1.165, 1.54) is 18.4 Å². The lowest BCUT2D eigenvalue weighted by Gasteiger charge is -2.60. The third-order valence-electron chi connectivity index (χ3n) is 9.18. The zero-order valence-electron chi connectivity index (χ0n) is 19.3. The van der Waals surface area contributed by atoms with E-state index < -0.39 is 11.0 Å². The lowest BCUT2D eigenvalue weighted by molar-refractivity contribution is -0.162. The maximum Gasteiger partial charge on any atom is 0.223 e. The summed E-state index contributed by atoms with van der Waals surface area (Å²) in [5.74, 6) is 1.51. The van der Waals surface area contributed by atoms with Crippen molar-refractivity contribution in [2.24, 2.45) is 5.92 Å². The van der Waals surface area contributed by atoms with Gasteiger partial charge >= 0.3 is 0 Å². The molecule has 7 nitrogen and oxygen atoms in total. The second-order valence-electron chi connectivity index (χ2n) is 10.9. The highest BCUT2D eigenvalue weighted by Gasteiger charge is 2.71. The molecule has 2 aromatic rings. The molecule has 0 unspecified atom stereocenters. The van der Waals surface area contributed by atoms with E-state index in [0.29, 0.717) is 38.1 Å². The molecule has 1 saturated carbocycles. The number of phenolic OH excluding ortho intramolecular Hbond substituents is 1. The van der Waals surface area contributed by atoms with Gasteiger partial charge in [0.25, 0.3) is 0 Å². The molecule has 4 heterocycles. The Morgan fingerprint density at radius 1 is 1.26 bits per heavy atom. The molecule has 5 aliphatic rings. The number of aromatic nitrogens is 1. The number of benzene rings is 1. The van der Waals surface area contributed by atoms with Crippen LogP contribution in [0.4, 0.5) is 0 Å². The minimum absolute atomic E-state index is 0.0151. The minimum Gasteiger partial charge on any atom is -0.504 e. The van der Waals surface area contributed by atoms with Gasteiger partial charge in [-0.15, -0.1) is 11.3 Å². The third-order valence-corrected chi connectivity index (χ3v) is 10.0. The average Bonchev–Trinajstić information content (AvgIpc) is 3.39. The molecule has 8 heteroatoms. The summed E-state index contributed by atoms with van der Waals surface area (Å²) in [7, 11) is 0. The number of ether oxygens (including phenoxy) is 1. The molecule has 34 heavy (non-hydrogen) atoms. The molecule has 3 aliphatic heterocycles. The molecule has 4 atom stereocenters. The van der Waals surface area contributed by atoms with Crippen LogP contribution in [-0.4, -0.2) is 74.8 Å². The Kier molecular flexibility index (Phi) is 4.61. The van der Waals surface area contributed by atoms with Crippen LogP contribution in [0.5, 0.6) is 11.5 Å². The Hall–Kier alpha value is -2.16. The standard InChI is InChI=1S/C26H31N3O4S/c30-18-4-3-17-13-19-26(32)8-11-29(22(31)6-5-21-27-9-12-34-21)15-20-25(26,23(17)24(18)33-20)7-10-28(19)14-16-1-2-16/h3-4,9,12,16,19-20,30,32H,1-2,5-8,10-11,13-15H2/t19-,20+,25-,26-/m1/s1. The maximum absolute atomic E-state index is 13.3. The lowest BCUT2D eigenvalue weighted by atomic mass is 9.52. The molecule has 1 aromatic heterocycles. The number of hydrogen-bond acceptors (Lipinski definition) is 7. The number of rotatable bonds is 5. The number of piperidine rings is 1. The highest BCUT2D eigenvalue weighted by Crippen LogP contribution is 2.63. The maximum atomic E-state index is 13.3. The highest BCUT2D eigenvalue weighted by molar-refractivity contribution is 7.09. The van der Waals surface area contributed by atoms with Gasteiger partial charge < -0.3 is 19.8 Å². The number of carbonyl (C=O) groups is 1. The van der Waals surface area contributed by atoms with E-state index in [1.807, 2.05) is 16.3 Å². The van der Waals surface area contributed by atoms with Crippen molar-refractivity contribution >= 4 is 17.2 Å². The second kappa shape index (κ2) is 7.42. The van der Waals surface area contributed by atoms with Gasteiger partial charge in [-0.2, -0.15) is 0 Å². The summed E-state index contributed by atoms with van der Waals surface area (Å²) >= 11 is 1.58. The molecular weight excluding hydrogens is 450 g/mol. The van der Waals surface area contributed by atoms with Gasteiger partial charge in [0, 0.05) is 49.1 Å². The van der Waals surface area contributed by atoms with Crippen LogP contribution in [-0.2, 0) is 23.1 Å². The molecule has 2 saturated heterocycles. The summed E-state index contributed by atoms with van der Waals surface area (Å²) in [5.41, 5.74) is 0.638. The zero-order valence-corrected chi connectivity index (χ0v) is 20.1. The van der Waals surface area contributed by atoms with Gasteiger partial charge in [-0.1, -0.05) is 6.07 Å². The van der Waals surface area contributed by atoms with Crippen molar-refractivity contribution in [3.05, 3.63) is 39.8 Å². The summed E-state index contributed by atoms with van der Waals surface area (Å²) in [6, 6.07) is 3.77. The van der Waals surface area contributed by atoms with Crippen LogP contribution in [0.3, 0.4) is 0 Å². The first-order valence-corrected chi connectivity index (χ1v) is 13.5. The molecule has 1 spiro atoms. The highest BCUT2D eigenvalue weighted by atomic mass is 32.1. The van der Waals surface area contributed by atoms with Crippen LogP contribution in [0.25, 0.3) is 0 Å². The van der Waals surface area contributed by atoms with E-state index in [4.69, 9.17) is 4.74 Å². The normalized spacial score (nSPS) is 33.9. The quantitative estimate of drug-likeness (QED) is 0.683. The van der Waals surface area contributed by atoms with Crippen LogP contribution >= 0.6 is 11.3 Å². The van der Waals surface area contributed by atoms with Crippen molar-refractivity contribution in [3.63, 3.8) is 0 Å². The van der Waals surface area contributed by atoms with Crippen LogP contribution in [0.1, 0.15) is 48.2 Å². The summed E-state index contributed by atoms with van der Waals surface area (Å²) in [5, 5.41) is 26.2. The predicted molar refractivity (Wildman–Crippen MR) is 127 cm³/mol. The summed E-state index contributed by atoms with van der Waals surface area (Å²) in [6.45, 7) is 2.95. The summed E-state index contributed by atoms with van der Waals surface area (Å²) in [4.78, 5) is 22.0. The van der Waals surface area contributed by atoms with Crippen LogP contribution in [0.15, 0.2) is 23.7 Å². The van der Waals surface area contributed by atoms with Crippen molar-refractivity contribution in [1.29, 1.82) is 0 Å². The van der Waals surface area contributed by atoms with Gasteiger partial charge in [-0.25, -0.2) is 4.98 Å². The smallest absolute Gasteiger partial charge is 0.223 e. The fraction of sp³-hybridized carbons (Fsp3) is 0.615. The third kappa shape index (κ3) is 2.88. The molecule has 7 rings (SSSR count). The number of amides is 1. The average molecular weight is 482 g/mol. The molecule has 1 amide bonds. The van der Waals surface area contributed by atoms with E-state index >= 15 is 0 Å². The van der Waals surface area contributed by atoms with Gasteiger partial charge in [0.15, 0.2) is 11.5 Å². The molecule has 3 fully saturated rings. The topological polar surface area (TPSA) is 86.1 Å². The Bertz CT molecular complexity index is 1140. The molecule has 1 aromatic carbocycles. The Labute approximate surface area is 203 Å². The molecular formula is C26H31N3O4S. The summed E-state index contributed by atoms with van der Waals surface area (Å²) < 4.78 is 6.48. The lowest BCUT2D eigenvalue weighted by Crippen LogP contribution is -2.74. The number of hydrogen-bond donors (Lipinski definition) is 2. The minimum atomic E-state index is -0.985. The molecule has 2 N–H and O–H groups in total. The van der Waals surface area contributed by atoms with E-state index in [9.17, 15) is 15.0 Å². The number of likely N-dealkylation sites (tertiary alicyclic amines) is 2. The summed E-state index contributed by atoms with van der Waals surface area (Å²) in [6.07, 6.45) is 7.14. The first kappa shape index (κ1) is 21.1. The molecule has 180 valence electrons. The van der Waals surface area contributed by atoms with Crippen molar-refractivity contribution in [1.82, 2.24) is 14.8 Å². The molecule has 2 bridgehead atoms. The van der Waals surface area contributed by atoms with E-state index in [0.717, 1.165) is 42.4 Å².